The fourth-order valence-electron chi connectivity index (χ4n) is 2.68. The van der Waals surface area contributed by atoms with Crippen molar-refractivity contribution in [1.29, 1.82) is 0 Å². The van der Waals surface area contributed by atoms with Crippen LogP contribution in [-0.2, 0) is 4.79 Å². The zero-order valence-corrected chi connectivity index (χ0v) is 15.6. The van der Waals surface area contributed by atoms with E-state index >= 15 is 0 Å². The molecule has 25 heavy (non-hydrogen) atoms. The van der Waals surface area contributed by atoms with Crippen molar-refractivity contribution in [2.45, 2.75) is 33.3 Å². The van der Waals surface area contributed by atoms with E-state index < -0.39 is 6.10 Å². The Labute approximate surface area is 150 Å². The number of para-hydroxylation sites is 1. The molecular formula is C21H28N2O2. The number of benzene rings is 2. The fourth-order valence-corrected chi connectivity index (χ4v) is 2.68. The molecule has 1 N–H and O–H groups in total. The Morgan fingerprint density at radius 3 is 2.52 bits per heavy atom. The molecule has 0 bridgehead atoms. The number of rotatable bonds is 8. The minimum absolute atomic E-state index is 0.0658. The van der Waals surface area contributed by atoms with Gasteiger partial charge in [-0.05, 0) is 44.0 Å². The lowest BCUT2D eigenvalue weighted by atomic mass is 10.1. The molecule has 1 unspecified atom stereocenters. The molecule has 0 radical (unpaired) electrons. The normalized spacial score (nSPS) is 11.7. The second-order valence-electron chi connectivity index (χ2n) is 6.33. The number of carbonyl (C=O) groups excluding carboxylic acids is 1. The highest BCUT2D eigenvalue weighted by molar-refractivity contribution is 5.81. The summed E-state index contributed by atoms with van der Waals surface area (Å²) >= 11 is 0. The molecule has 2 rings (SSSR count). The molecule has 0 aliphatic rings. The Bertz CT molecular complexity index is 686. The smallest absolute Gasteiger partial charge is 0.261 e. The van der Waals surface area contributed by atoms with Gasteiger partial charge in [-0.3, -0.25) is 4.79 Å². The van der Waals surface area contributed by atoms with Crippen LogP contribution in [0.1, 0.15) is 24.5 Å². The third kappa shape index (κ3) is 5.52. The van der Waals surface area contributed by atoms with Crippen molar-refractivity contribution in [2.24, 2.45) is 0 Å². The molecule has 0 aromatic heterocycles. The number of likely N-dealkylation sites (N-methyl/N-ethyl adjacent to an activating group) is 1. The molecule has 2 aromatic rings. The van der Waals surface area contributed by atoms with Gasteiger partial charge >= 0.3 is 0 Å². The molecule has 4 heteroatoms. The van der Waals surface area contributed by atoms with Gasteiger partial charge < -0.3 is 15.0 Å². The standard InChI is InChI=1S/C21H28N2O2/c1-5-19(25-20-12-11-16(2)15-17(20)3)21(24)22-13-14-23(4)18-9-7-6-8-10-18/h6-12,15,19H,5,13-14H2,1-4H3,(H,22,24). The molecule has 134 valence electrons. The van der Waals surface area contributed by atoms with Crippen molar-refractivity contribution < 1.29 is 9.53 Å². The summed E-state index contributed by atoms with van der Waals surface area (Å²) in [5, 5.41) is 2.98. The summed E-state index contributed by atoms with van der Waals surface area (Å²) in [6.07, 6.45) is 0.164. The van der Waals surface area contributed by atoms with E-state index in [1.807, 2.05) is 58.2 Å². The average Bonchev–Trinajstić information content (AvgIpc) is 2.61. The Kier molecular flexibility index (Phi) is 6.87. The minimum atomic E-state index is -0.469. The predicted molar refractivity (Wildman–Crippen MR) is 103 cm³/mol. The minimum Gasteiger partial charge on any atom is -0.480 e. The van der Waals surface area contributed by atoms with E-state index in [-0.39, 0.29) is 5.91 Å². The monoisotopic (exact) mass is 340 g/mol. The number of amides is 1. The van der Waals surface area contributed by atoms with Crippen LogP contribution in [-0.4, -0.2) is 32.1 Å². The summed E-state index contributed by atoms with van der Waals surface area (Å²) in [4.78, 5) is 14.5. The molecule has 0 fully saturated rings. The lowest BCUT2D eigenvalue weighted by molar-refractivity contribution is -0.128. The van der Waals surface area contributed by atoms with Crippen molar-refractivity contribution in [3.05, 3.63) is 59.7 Å². The van der Waals surface area contributed by atoms with Gasteiger partial charge in [-0.25, -0.2) is 0 Å². The topological polar surface area (TPSA) is 41.6 Å². The van der Waals surface area contributed by atoms with E-state index in [4.69, 9.17) is 4.74 Å². The van der Waals surface area contributed by atoms with E-state index in [0.717, 1.165) is 23.5 Å². The van der Waals surface area contributed by atoms with Gasteiger partial charge in [-0.1, -0.05) is 42.8 Å². The van der Waals surface area contributed by atoms with Crippen LogP contribution < -0.4 is 15.0 Å². The first-order valence-corrected chi connectivity index (χ1v) is 8.79. The number of nitrogens with one attached hydrogen (secondary N) is 1. The number of carbonyl (C=O) groups is 1. The molecule has 4 nitrogen and oxygen atoms in total. The van der Waals surface area contributed by atoms with Gasteiger partial charge in [0.05, 0.1) is 0 Å². The zero-order valence-electron chi connectivity index (χ0n) is 15.6. The number of hydrogen-bond donors (Lipinski definition) is 1. The highest BCUT2D eigenvalue weighted by Crippen LogP contribution is 2.21. The molecule has 1 atom stereocenters. The quantitative estimate of drug-likeness (QED) is 0.796. The highest BCUT2D eigenvalue weighted by atomic mass is 16.5. The predicted octanol–water partition coefficient (Wildman–Crippen LogP) is 3.71. The van der Waals surface area contributed by atoms with Crippen LogP contribution in [0.15, 0.2) is 48.5 Å². The van der Waals surface area contributed by atoms with Crippen molar-refractivity contribution >= 4 is 11.6 Å². The van der Waals surface area contributed by atoms with E-state index in [2.05, 4.69) is 28.4 Å². The molecule has 0 aliphatic carbocycles. The summed E-state index contributed by atoms with van der Waals surface area (Å²) in [7, 11) is 2.02. The second kappa shape index (κ2) is 9.11. The molecule has 1 amide bonds. The summed E-state index contributed by atoms with van der Waals surface area (Å²) in [6.45, 7) is 7.34. The van der Waals surface area contributed by atoms with Crippen molar-refractivity contribution in [3.8, 4) is 5.75 Å². The lowest BCUT2D eigenvalue weighted by Gasteiger charge is -2.22. The SMILES string of the molecule is CCC(Oc1ccc(C)cc1C)C(=O)NCCN(C)c1ccccc1. The number of nitrogens with zero attached hydrogens (tertiary/aromatic N) is 1. The molecule has 0 spiro atoms. The van der Waals surface area contributed by atoms with Gasteiger partial charge in [0.1, 0.15) is 5.75 Å². The maximum atomic E-state index is 12.4. The lowest BCUT2D eigenvalue weighted by Crippen LogP contribution is -2.41. The highest BCUT2D eigenvalue weighted by Gasteiger charge is 2.18. The summed E-state index contributed by atoms with van der Waals surface area (Å²) in [5.41, 5.74) is 3.37. The van der Waals surface area contributed by atoms with Crippen LogP contribution in [0.2, 0.25) is 0 Å². The molecule has 0 heterocycles. The molecule has 0 saturated heterocycles. The van der Waals surface area contributed by atoms with Crippen molar-refractivity contribution in [3.63, 3.8) is 0 Å². The first kappa shape index (κ1) is 18.8. The maximum absolute atomic E-state index is 12.4. The zero-order chi connectivity index (χ0) is 18.2. The Hall–Kier alpha value is -2.49. The fraction of sp³-hybridized carbons (Fsp3) is 0.381. The summed E-state index contributed by atoms with van der Waals surface area (Å²) < 4.78 is 5.93. The summed E-state index contributed by atoms with van der Waals surface area (Å²) in [5.74, 6) is 0.706. The third-order valence-electron chi connectivity index (χ3n) is 4.21. The largest absolute Gasteiger partial charge is 0.480 e. The van der Waals surface area contributed by atoms with Crippen LogP contribution in [0.5, 0.6) is 5.75 Å². The van der Waals surface area contributed by atoms with Gasteiger partial charge in [-0.15, -0.1) is 0 Å². The maximum Gasteiger partial charge on any atom is 0.261 e. The van der Waals surface area contributed by atoms with Gasteiger partial charge in [0, 0.05) is 25.8 Å². The molecule has 0 aliphatic heterocycles. The van der Waals surface area contributed by atoms with Crippen molar-refractivity contribution in [1.82, 2.24) is 5.32 Å². The first-order valence-electron chi connectivity index (χ1n) is 8.79. The van der Waals surface area contributed by atoms with Crippen LogP contribution >= 0.6 is 0 Å². The van der Waals surface area contributed by atoms with Crippen LogP contribution in [0.4, 0.5) is 5.69 Å². The molecule has 0 saturated carbocycles. The first-order chi connectivity index (χ1) is 12.0. The Balaban J connectivity index is 1.85. The van der Waals surface area contributed by atoms with E-state index in [0.29, 0.717) is 13.0 Å². The Morgan fingerprint density at radius 1 is 1.16 bits per heavy atom. The van der Waals surface area contributed by atoms with E-state index in [1.54, 1.807) is 0 Å². The number of ether oxygens (including phenoxy) is 1. The number of anilines is 1. The second-order valence-corrected chi connectivity index (χ2v) is 6.33. The summed E-state index contributed by atoms with van der Waals surface area (Å²) in [6, 6.07) is 16.1. The Morgan fingerprint density at radius 2 is 1.88 bits per heavy atom. The van der Waals surface area contributed by atoms with Crippen LogP contribution in [0.25, 0.3) is 0 Å². The molecular weight excluding hydrogens is 312 g/mol. The van der Waals surface area contributed by atoms with Gasteiger partial charge in [0.2, 0.25) is 0 Å². The van der Waals surface area contributed by atoms with Crippen LogP contribution in [0, 0.1) is 13.8 Å². The van der Waals surface area contributed by atoms with Gasteiger partial charge in [0.15, 0.2) is 6.10 Å². The van der Waals surface area contributed by atoms with Gasteiger partial charge in [0.25, 0.3) is 5.91 Å². The van der Waals surface area contributed by atoms with Crippen molar-refractivity contribution in [2.75, 3.05) is 25.0 Å². The van der Waals surface area contributed by atoms with E-state index in [9.17, 15) is 4.79 Å². The average molecular weight is 340 g/mol. The number of aryl methyl sites for hydroxylation is 2. The third-order valence-corrected chi connectivity index (χ3v) is 4.21. The van der Waals surface area contributed by atoms with Crippen LogP contribution in [0.3, 0.4) is 0 Å². The van der Waals surface area contributed by atoms with E-state index in [1.165, 1.54) is 5.56 Å². The van der Waals surface area contributed by atoms with Gasteiger partial charge in [-0.2, -0.15) is 0 Å². The number of hydrogen-bond acceptors (Lipinski definition) is 3. The molecule has 2 aromatic carbocycles.